The highest BCUT2D eigenvalue weighted by molar-refractivity contribution is 6.00. The van der Waals surface area contributed by atoms with E-state index in [0.717, 1.165) is 0 Å². The molecule has 0 aromatic carbocycles. The van der Waals surface area contributed by atoms with Crippen LogP contribution in [0.5, 0.6) is 0 Å². The van der Waals surface area contributed by atoms with E-state index in [9.17, 15) is 76.7 Å². The summed E-state index contributed by atoms with van der Waals surface area (Å²) < 4.78 is 17.1. The van der Waals surface area contributed by atoms with E-state index in [0.29, 0.717) is 129 Å². The molecule has 2 aliphatic heterocycles. The second-order valence-electron chi connectivity index (χ2n) is 32.9. The summed E-state index contributed by atoms with van der Waals surface area (Å²) in [7, 11) is 0. The molecule has 16 atom stereocenters. The summed E-state index contributed by atoms with van der Waals surface area (Å²) in [6.07, 6.45) is 5.64. The van der Waals surface area contributed by atoms with Gasteiger partial charge in [0.2, 0.25) is 70.9 Å². The highest BCUT2D eigenvalue weighted by Gasteiger charge is 2.44. The molecule has 668 valence electrons. The molecule has 0 aromatic rings. The van der Waals surface area contributed by atoms with Crippen molar-refractivity contribution >= 4 is 94.0 Å². The van der Waals surface area contributed by atoms with Crippen LogP contribution in [-0.2, 0) is 90.9 Å². The molecule has 33 heteroatoms. The van der Waals surface area contributed by atoms with Crippen molar-refractivity contribution < 1.29 is 90.9 Å². The highest BCUT2D eigenvalue weighted by atomic mass is 16.5. The minimum atomic E-state index is -1.22. The lowest BCUT2D eigenvalue weighted by Gasteiger charge is -2.32. The van der Waals surface area contributed by atoms with E-state index in [1.165, 1.54) is 23.6 Å². The third-order valence-electron chi connectivity index (χ3n) is 22.6. The van der Waals surface area contributed by atoms with Crippen LogP contribution < -0.4 is 65.5 Å². The van der Waals surface area contributed by atoms with Crippen molar-refractivity contribution in [2.75, 3.05) is 78.9 Å². The van der Waals surface area contributed by atoms with Crippen molar-refractivity contribution in [2.45, 2.75) is 299 Å². The molecule has 2 heterocycles. The summed E-state index contributed by atoms with van der Waals surface area (Å²) in [5, 5.41) is 22.7. The van der Waals surface area contributed by atoms with Crippen LogP contribution in [0.25, 0.3) is 0 Å². The SMILES string of the molecule is CC[C@@H](C)C(=O)N[C@H](C(=O)N1CCC[C@H]1C(=O)N[C@H](C(=O)C[C@@H](C)C(=O)N[C@@H](CCC(N)=O)C(=O)C[C@@H](CCCCN)C(=O)NCCCOCCOCCOCCCNC(=O)[C@H](CCCCN)CC(=O)[C@H](CCC(N)=O)NC(=O)[C@H](C)CC(=O)[C@@H](NC(=O)[C@@H]1CCCN1C(=O)[C@@H](NC(=O)[C@H](C)CC)C(C)C)[C@@H](C)CC)[C@@H](C)CC)C(C)C. The molecule has 12 amide bonds. The van der Waals surface area contributed by atoms with Gasteiger partial charge in [-0.15, -0.1) is 0 Å². The maximum Gasteiger partial charge on any atom is 0.246 e. The van der Waals surface area contributed by atoms with Crippen LogP contribution in [0.2, 0.25) is 0 Å². The van der Waals surface area contributed by atoms with Gasteiger partial charge in [0.05, 0.1) is 50.6 Å². The standard InChI is InChI=1S/C84H148N14O19/c1-15-53(9)73(95-81(111)63-29-23-39-97(63)83(113)71(51(5)6)93-75(105)55(11)17-3)67(101)47-57(13)77(107)91-61(31-33-69(87)103)65(99)49-59(27-19-21-35-85)79(109)89-37-25-41-115-43-45-117-46-44-116-42-26-38-90-80(110)60(28-20-22-36-86)50-66(100)62(32-34-70(88)104)92-78(108)58(14)48-68(102)74(54(10)16-2)96-82(112)64-30-24-40-98(64)84(114)72(52(7)8)94-76(106)56(12)18-4/h51-64,71-74H,15-50,85-86H2,1-14H3,(H2,87,103)(H2,88,104)(H,89,109)(H,90,110)(H,91,107)(H,92,108)(H,93,105)(H,94,106)(H,95,111)(H,96,112)/t53-,54-,55+,56+,57+,58+,59+,60+,61-,62-,63-,64-,71-,72-,73-,74-/m0/s1. The minimum absolute atomic E-state index is 0.153. The maximum absolute atomic E-state index is 14.1. The summed E-state index contributed by atoms with van der Waals surface area (Å²) in [4.78, 5) is 220. The van der Waals surface area contributed by atoms with Gasteiger partial charge in [-0.25, -0.2) is 0 Å². The summed E-state index contributed by atoms with van der Waals surface area (Å²) in [5.74, 6) is -13.2. The molecule has 0 saturated carbocycles. The van der Waals surface area contributed by atoms with E-state index >= 15 is 0 Å². The Morgan fingerprint density at radius 1 is 0.368 bits per heavy atom. The molecule has 117 heavy (non-hydrogen) atoms. The summed E-state index contributed by atoms with van der Waals surface area (Å²) in [6, 6.07) is -7.95. The largest absolute Gasteiger partial charge is 0.379 e. The molecule has 0 spiro atoms. The molecule has 0 aromatic heterocycles. The second kappa shape index (κ2) is 57.3. The number of hydrogen-bond acceptors (Lipinski definition) is 21. The van der Waals surface area contributed by atoms with E-state index in [4.69, 9.17) is 37.1 Å². The average Bonchev–Trinajstić information content (AvgIpc) is 1.69. The Labute approximate surface area is 694 Å². The monoisotopic (exact) mass is 1660 g/mol. The Kier molecular flexibility index (Phi) is 51.5. The number of nitrogens with one attached hydrogen (secondary N) is 8. The number of unbranched alkanes of at least 4 members (excludes halogenated alkanes) is 2. The van der Waals surface area contributed by atoms with Gasteiger partial charge in [0.1, 0.15) is 24.2 Å². The highest BCUT2D eigenvalue weighted by Crippen LogP contribution is 2.27. The third-order valence-corrected chi connectivity index (χ3v) is 22.6. The van der Waals surface area contributed by atoms with Gasteiger partial charge in [-0.1, -0.05) is 123 Å². The average molecular weight is 1660 g/mol. The fraction of sp³-hybridized carbons (Fsp3) is 0.810. The number of nitrogens with two attached hydrogens (primary N) is 4. The predicted molar refractivity (Wildman–Crippen MR) is 443 cm³/mol. The number of ether oxygens (including phenoxy) is 3. The van der Waals surface area contributed by atoms with Crippen LogP contribution in [0, 0.1) is 59.2 Å². The number of rotatable bonds is 64. The van der Waals surface area contributed by atoms with E-state index < -0.39 is 142 Å². The third kappa shape index (κ3) is 38.4. The molecule has 0 radical (unpaired) electrons. The molecule has 2 rings (SSSR count). The number of likely N-dealkylation sites (tertiary alicyclic amines) is 2. The van der Waals surface area contributed by atoms with Crippen molar-refractivity contribution in [3.63, 3.8) is 0 Å². The Hall–Kier alpha value is -7.88. The smallest absolute Gasteiger partial charge is 0.246 e. The van der Waals surface area contributed by atoms with Crippen LogP contribution in [0.3, 0.4) is 0 Å². The van der Waals surface area contributed by atoms with Gasteiger partial charge in [0.25, 0.3) is 0 Å². The van der Waals surface area contributed by atoms with Crippen molar-refractivity contribution in [1.82, 2.24) is 52.3 Å². The normalized spacial score (nSPS) is 17.7. The van der Waals surface area contributed by atoms with Gasteiger partial charge in [-0.2, -0.15) is 0 Å². The number of amides is 12. The van der Waals surface area contributed by atoms with Crippen molar-refractivity contribution in [3.8, 4) is 0 Å². The van der Waals surface area contributed by atoms with Crippen molar-refractivity contribution in [1.29, 1.82) is 0 Å². The Bertz CT molecular complexity index is 2970. The lowest BCUT2D eigenvalue weighted by Crippen LogP contribution is -2.57. The number of primary amides is 2. The van der Waals surface area contributed by atoms with Gasteiger partial charge in [0, 0.05) is 113 Å². The van der Waals surface area contributed by atoms with Crippen molar-refractivity contribution in [3.05, 3.63) is 0 Å². The van der Waals surface area contributed by atoms with E-state index in [1.807, 2.05) is 55.4 Å². The maximum atomic E-state index is 14.1. The summed E-state index contributed by atoms with van der Waals surface area (Å²) in [6.45, 7) is 28.2. The Balaban J connectivity index is 1.92. The Morgan fingerprint density at radius 3 is 1.01 bits per heavy atom. The number of carbonyl (C=O) groups is 16. The zero-order valence-corrected chi connectivity index (χ0v) is 72.8. The van der Waals surface area contributed by atoms with Gasteiger partial charge in [0.15, 0.2) is 23.1 Å². The first kappa shape index (κ1) is 105. The van der Waals surface area contributed by atoms with Gasteiger partial charge in [-0.05, 0) is 127 Å². The fourth-order valence-corrected chi connectivity index (χ4v) is 14.0. The molecule has 16 N–H and O–H groups in total. The lowest BCUT2D eigenvalue weighted by molar-refractivity contribution is -0.143. The molecular formula is C84H148N14O19. The number of Topliss-reactive ketones (excluding diaryl/α,β-unsaturated/α-hetero) is 4. The molecule has 0 bridgehead atoms. The van der Waals surface area contributed by atoms with Crippen LogP contribution >= 0.6 is 0 Å². The van der Waals surface area contributed by atoms with Crippen LogP contribution in [0.1, 0.15) is 251 Å². The number of carbonyl (C=O) groups excluding carboxylic acids is 16. The first-order valence-corrected chi connectivity index (χ1v) is 43.2. The van der Waals surface area contributed by atoms with E-state index in [-0.39, 0.29) is 163 Å². The summed E-state index contributed by atoms with van der Waals surface area (Å²) in [5.41, 5.74) is 22.6. The Morgan fingerprint density at radius 2 is 0.701 bits per heavy atom. The molecule has 2 saturated heterocycles. The van der Waals surface area contributed by atoms with E-state index in [1.54, 1.807) is 27.7 Å². The number of ketones is 4. The molecular weight excluding hydrogens is 1510 g/mol. The predicted octanol–water partition coefficient (Wildman–Crippen LogP) is 3.57. The fourth-order valence-electron chi connectivity index (χ4n) is 14.0. The minimum Gasteiger partial charge on any atom is -0.379 e. The molecule has 33 nitrogen and oxygen atoms in total. The number of nitrogens with zero attached hydrogens (tertiary/aromatic N) is 2. The molecule has 2 fully saturated rings. The lowest BCUT2D eigenvalue weighted by atomic mass is 9.89. The zero-order valence-electron chi connectivity index (χ0n) is 72.8. The van der Waals surface area contributed by atoms with E-state index in [2.05, 4.69) is 42.5 Å². The first-order valence-electron chi connectivity index (χ1n) is 43.2. The molecule has 0 unspecified atom stereocenters. The second-order valence-corrected chi connectivity index (χ2v) is 32.9. The van der Waals surface area contributed by atoms with Gasteiger partial charge < -0.3 is 89.5 Å². The molecule has 0 aliphatic carbocycles. The quantitative estimate of drug-likeness (QED) is 0.0387. The van der Waals surface area contributed by atoms with Gasteiger partial charge >= 0.3 is 0 Å². The molecule has 2 aliphatic rings. The number of hydrogen-bond donors (Lipinski definition) is 12. The summed E-state index contributed by atoms with van der Waals surface area (Å²) >= 11 is 0. The van der Waals surface area contributed by atoms with Crippen molar-refractivity contribution in [2.24, 2.45) is 82.1 Å². The van der Waals surface area contributed by atoms with Crippen LogP contribution in [0.15, 0.2) is 0 Å². The topological polar surface area (TPSA) is 508 Å². The van der Waals surface area contributed by atoms with Gasteiger partial charge in [-0.3, -0.25) is 76.7 Å². The first-order chi connectivity index (χ1) is 55.4. The van der Waals surface area contributed by atoms with Crippen LogP contribution in [0.4, 0.5) is 0 Å². The van der Waals surface area contributed by atoms with Crippen LogP contribution in [-0.4, -0.2) is 231 Å². The zero-order chi connectivity index (χ0) is 88.0.